The van der Waals surface area contributed by atoms with Crippen LogP contribution in [-0.2, 0) is 11.0 Å². The predicted molar refractivity (Wildman–Crippen MR) is 68.0 cm³/mol. The largest absolute Gasteiger partial charge is 0.348 e. The smallest absolute Gasteiger partial charge is 0.138 e. The number of nitrogens with one attached hydrogen (secondary N) is 1. The van der Waals surface area contributed by atoms with Crippen molar-refractivity contribution in [2.24, 2.45) is 0 Å². The molecule has 0 saturated heterocycles. The molecule has 0 radical (unpaired) electrons. The van der Waals surface area contributed by atoms with Gasteiger partial charge < -0.3 is 4.98 Å². The van der Waals surface area contributed by atoms with Crippen LogP contribution in [0.15, 0.2) is 18.7 Å². The molecule has 98 valence electrons. The molecule has 0 amide bonds. The van der Waals surface area contributed by atoms with Crippen LogP contribution in [-0.4, -0.2) is 30.2 Å². The summed E-state index contributed by atoms with van der Waals surface area (Å²) in [5.74, 6) is 1.02. The Labute approximate surface area is 107 Å². The highest BCUT2D eigenvalue weighted by Crippen LogP contribution is 2.30. The summed E-state index contributed by atoms with van der Waals surface area (Å²) in [4.78, 5) is 7.54. The maximum absolute atomic E-state index is 4.35. The number of imidazole rings is 1. The van der Waals surface area contributed by atoms with Gasteiger partial charge >= 0.3 is 0 Å². The lowest BCUT2D eigenvalue weighted by Gasteiger charge is -2.29. The van der Waals surface area contributed by atoms with E-state index >= 15 is 0 Å². The minimum absolute atomic E-state index is 0.0226. The van der Waals surface area contributed by atoms with Crippen molar-refractivity contribution in [3.05, 3.63) is 24.5 Å². The first-order chi connectivity index (χ1) is 8.42. The van der Waals surface area contributed by atoms with Crippen molar-refractivity contribution in [1.29, 1.82) is 0 Å². The molecule has 6 heteroatoms. The van der Waals surface area contributed by atoms with Crippen LogP contribution in [0.25, 0.3) is 0 Å². The fourth-order valence-electron chi connectivity index (χ4n) is 1.93. The number of H-pyrrole nitrogens is 1. The molecule has 18 heavy (non-hydrogen) atoms. The van der Waals surface area contributed by atoms with Gasteiger partial charge in [-0.3, -0.25) is 0 Å². The van der Waals surface area contributed by atoms with E-state index in [4.69, 9.17) is 0 Å². The first-order valence-corrected chi connectivity index (χ1v) is 6.15. The van der Waals surface area contributed by atoms with Gasteiger partial charge in [-0.25, -0.2) is 9.67 Å². The van der Waals surface area contributed by atoms with E-state index in [1.807, 2.05) is 10.9 Å². The van der Waals surface area contributed by atoms with Gasteiger partial charge in [-0.15, -0.1) is 5.10 Å². The van der Waals surface area contributed by atoms with Crippen molar-refractivity contribution in [2.75, 3.05) is 0 Å². The molecule has 1 N–H and O–H groups in total. The zero-order valence-corrected chi connectivity index (χ0v) is 11.4. The maximum Gasteiger partial charge on any atom is 0.138 e. The Kier molecular flexibility index (Phi) is 3.19. The molecule has 0 saturated carbocycles. The topological polar surface area (TPSA) is 72.3 Å². The molecule has 0 unspecified atom stereocenters. The Hall–Kier alpha value is -1.72. The van der Waals surface area contributed by atoms with E-state index in [2.05, 4.69) is 53.2 Å². The lowest BCUT2D eigenvalue weighted by atomic mass is 9.82. The van der Waals surface area contributed by atoms with E-state index in [9.17, 15) is 0 Å². The maximum atomic E-state index is 4.35. The van der Waals surface area contributed by atoms with Crippen LogP contribution >= 0.6 is 0 Å². The highest BCUT2D eigenvalue weighted by Gasteiger charge is 2.29. The summed E-state index contributed by atoms with van der Waals surface area (Å²) in [6.07, 6.45) is 7.31. The molecular formula is C12H20N6. The van der Waals surface area contributed by atoms with Crippen LogP contribution in [0.2, 0.25) is 0 Å². The molecule has 0 atom stereocenters. The van der Waals surface area contributed by atoms with Crippen molar-refractivity contribution in [3.63, 3.8) is 0 Å². The fraction of sp³-hybridized carbons (Fsp3) is 0.667. The first-order valence-electron chi connectivity index (χ1n) is 6.15. The van der Waals surface area contributed by atoms with E-state index in [1.54, 1.807) is 12.5 Å². The number of aromatic amines is 1. The summed E-state index contributed by atoms with van der Waals surface area (Å²) in [6, 6.07) is 0. The molecule has 0 aromatic carbocycles. The van der Waals surface area contributed by atoms with Gasteiger partial charge in [0, 0.05) is 17.8 Å². The minimum atomic E-state index is -0.0899. The third-order valence-corrected chi connectivity index (χ3v) is 3.47. The molecule has 0 bridgehead atoms. The Morgan fingerprint density at radius 1 is 1.22 bits per heavy atom. The predicted octanol–water partition coefficient (Wildman–Crippen LogP) is 1.89. The summed E-state index contributed by atoms with van der Waals surface area (Å²) in [5.41, 5.74) is -0.0673. The van der Waals surface area contributed by atoms with E-state index in [1.165, 1.54) is 0 Å². The van der Waals surface area contributed by atoms with Crippen molar-refractivity contribution < 1.29 is 0 Å². The van der Waals surface area contributed by atoms with Crippen molar-refractivity contribution in [1.82, 2.24) is 30.2 Å². The number of tetrazole rings is 1. The molecule has 0 aliphatic carbocycles. The third kappa shape index (κ3) is 2.57. The standard InChI is InChI=1S/C12H20N6/c1-11(2,10-13-7-8-14-10)5-6-12(3,4)18-9-15-16-17-18/h7-9H,5-6H2,1-4H3,(H,13,14). The van der Waals surface area contributed by atoms with E-state index in [0.29, 0.717) is 0 Å². The van der Waals surface area contributed by atoms with Crippen molar-refractivity contribution >= 4 is 0 Å². The van der Waals surface area contributed by atoms with Crippen LogP contribution in [0, 0.1) is 0 Å². The van der Waals surface area contributed by atoms with Crippen LogP contribution in [0.1, 0.15) is 46.4 Å². The Morgan fingerprint density at radius 3 is 2.56 bits per heavy atom. The normalized spacial score (nSPS) is 12.9. The monoisotopic (exact) mass is 248 g/mol. The zero-order chi connectivity index (χ0) is 13.2. The van der Waals surface area contributed by atoms with Gasteiger partial charge in [-0.2, -0.15) is 0 Å². The molecule has 2 aromatic rings. The molecule has 2 aromatic heterocycles. The van der Waals surface area contributed by atoms with Gasteiger partial charge in [-0.05, 0) is 37.1 Å². The van der Waals surface area contributed by atoms with E-state index < -0.39 is 0 Å². The fourth-order valence-corrected chi connectivity index (χ4v) is 1.93. The second-order valence-corrected chi connectivity index (χ2v) is 5.89. The van der Waals surface area contributed by atoms with Crippen LogP contribution in [0.5, 0.6) is 0 Å². The third-order valence-electron chi connectivity index (χ3n) is 3.47. The Bertz CT molecular complexity index is 422. The van der Waals surface area contributed by atoms with Gasteiger partial charge in [-0.1, -0.05) is 13.8 Å². The second-order valence-electron chi connectivity index (χ2n) is 5.89. The summed E-state index contributed by atoms with van der Waals surface area (Å²) in [6.45, 7) is 8.67. The molecule has 2 rings (SSSR count). The minimum Gasteiger partial charge on any atom is -0.348 e. The molecule has 0 spiro atoms. The molecule has 6 nitrogen and oxygen atoms in total. The summed E-state index contributed by atoms with van der Waals surface area (Å²) >= 11 is 0. The summed E-state index contributed by atoms with van der Waals surface area (Å²) in [5, 5.41) is 11.4. The van der Waals surface area contributed by atoms with Crippen LogP contribution in [0.3, 0.4) is 0 Å². The number of rotatable bonds is 5. The van der Waals surface area contributed by atoms with E-state index in [-0.39, 0.29) is 11.0 Å². The average Bonchev–Trinajstić information content (AvgIpc) is 2.99. The van der Waals surface area contributed by atoms with Gasteiger partial charge in [0.15, 0.2) is 0 Å². The lowest BCUT2D eigenvalue weighted by molar-refractivity contribution is 0.253. The summed E-state index contributed by atoms with van der Waals surface area (Å²) < 4.78 is 1.81. The highest BCUT2D eigenvalue weighted by atomic mass is 15.5. The SMILES string of the molecule is CC(C)(CCC(C)(C)n1cnnn1)c1ncc[nH]1. The molecule has 2 heterocycles. The van der Waals surface area contributed by atoms with Crippen molar-refractivity contribution in [2.45, 2.75) is 51.5 Å². The first kappa shape index (κ1) is 12.7. The van der Waals surface area contributed by atoms with Gasteiger partial charge in [0.1, 0.15) is 12.2 Å². The quantitative estimate of drug-likeness (QED) is 0.877. The number of hydrogen-bond donors (Lipinski definition) is 1. The van der Waals surface area contributed by atoms with Gasteiger partial charge in [0.25, 0.3) is 0 Å². The number of hydrogen-bond acceptors (Lipinski definition) is 4. The molecule has 0 aliphatic rings. The Balaban J connectivity index is 2.03. The van der Waals surface area contributed by atoms with Crippen molar-refractivity contribution in [3.8, 4) is 0 Å². The number of aromatic nitrogens is 6. The molecular weight excluding hydrogens is 228 g/mol. The van der Waals surface area contributed by atoms with Crippen LogP contribution < -0.4 is 0 Å². The highest BCUT2D eigenvalue weighted by molar-refractivity contribution is 5.04. The average molecular weight is 248 g/mol. The second kappa shape index (κ2) is 4.51. The lowest BCUT2D eigenvalue weighted by Crippen LogP contribution is -2.30. The van der Waals surface area contributed by atoms with E-state index in [0.717, 1.165) is 18.7 Å². The van der Waals surface area contributed by atoms with Gasteiger partial charge in [0.2, 0.25) is 0 Å². The van der Waals surface area contributed by atoms with Crippen LogP contribution in [0.4, 0.5) is 0 Å². The molecule has 0 aliphatic heterocycles. The summed E-state index contributed by atoms with van der Waals surface area (Å²) in [7, 11) is 0. The molecule has 0 fully saturated rings. The zero-order valence-electron chi connectivity index (χ0n) is 11.4. The van der Waals surface area contributed by atoms with Gasteiger partial charge in [0.05, 0.1) is 5.54 Å². The Morgan fingerprint density at radius 2 is 2.00 bits per heavy atom. The number of nitrogens with zero attached hydrogens (tertiary/aromatic N) is 5.